The van der Waals surface area contributed by atoms with E-state index in [1.807, 2.05) is 24.3 Å². The van der Waals surface area contributed by atoms with Gasteiger partial charge in [-0.2, -0.15) is 0 Å². The first-order valence-corrected chi connectivity index (χ1v) is 5.44. The van der Waals surface area contributed by atoms with Gasteiger partial charge in [0.2, 0.25) is 0 Å². The van der Waals surface area contributed by atoms with Gasteiger partial charge in [-0.25, -0.2) is 4.98 Å². The highest BCUT2D eigenvalue weighted by Crippen LogP contribution is 2.26. The van der Waals surface area contributed by atoms with Crippen LogP contribution in [0.25, 0.3) is 10.8 Å². The number of likely N-dealkylation sites (N-methyl/N-ethyl adjacent to an activating group) is 1. The van der Waals surface area contributed by atoms with Crippen LogP contribution in [0.5, 0.6) is 0 Å². The van der Waals surface area contributed by atoms with Gasteiger partial charge >= 0.3 is 5.97 Å². The maximum Gasteiger partial charge on any atom is 0.323 e. The van der Waals surface area contributed by atoms with Crippen molar-refractivity contribution in [2.24, 2.45) is 0 Å². The van der Waals surface area contributed by atoms with E-state index in [1.54, 1.807) is 18.0 Å². The fourth-order valence-electron chi connectivity index (χ4n) is 1.72. The second kappa shape index (κ2) is 4.59. The van der Waals surface area contributed by atoms with Crippen LogP contribution in [-0.4, -0.2) is 29.7 Å². The lowest BCUT2D eigenvalue weighted by Gasteiger charge is -2.17. The highest BCUT2D eigenvalue weighted by Gasteiger charge is 2.11. The summed E-state index contributed by atoms with van der Waals surface area (Å²) in [7, 11) is 1.68. The Kier molecular flexibility index (Phi) is 3.15. The van der Waals surface area contributed by atoms with E-state index in [0.29, 0.717) is 11.0 Å². The Bertz CT molecular complexity index is 571. The molecule has 0 amide bonds. The summed E-state index contributed by atoms with van der Waals surface area (Å²) >= 11 is 5.92. The minimum Gasteiger partial charge on any atom is -0.480 e. The Labute approximate surface area is 103 Å². The molecule has 0 unspecified atom stereocenters. The number of fused-ring (bicyclic) bond motifs is 1. The zero-order valence-corrected chi connectivity index (χ0v) is 9.98. The van der Waals surface area contributed by atoms with Crippen LogP contribution in [0.15, 0.2) is 30.3 Å². The van der Waals surface area contributed by atoms with E-state index in [-0.39, 0.29) is 6.54 Å². The first kappa shape index (κ1) is 11.7. The van der Waals surface area contributed by atoms with Gasteiger partial charge in [-0.15, -0.1) is 0 Å². The van der Waals surface area contributed by atoms with E-state index in [2.05, 4.69) is 4.98 Å². The van der Waals surface area contributed by atoms with Gasteiger partial charge in [0, 0.05) is 12.4 Å². The number of halogens is 1. The predicted octanol–water partition coefficient (Wildman–Crippen LogP) is 2.41. The van der Waals surface area contributed by atoms with Gasteiger partial charge in [0.25, 0.3) is 0 Å². The highest BCUT2D eigenvalue weighted by molar-refractivity contribution is 6.30. The van der Waals surface area contributed by atoms with Gasteiger partial charge in [-0.3, -0.25) is 4.79 Å². The molecule has 2 rings (SSSR count). The monoisotopic (exact) mass is 250 g/mol. The van der Waals surface area contributed by atoms with Gasteiger partial charge in [-0.05, 0) is 11.5 Å². The SMILES string of the molecule is CN(CC(=O)O)c1nc(Cl)cc2ccccc12. The summed E-state index contributed by atoms with van der Waals surface area (Å²) in [5.74, 6) is -0.325. The van der Waals surface area contributed by atoms with Crippen LogP contribution < -0.4 is 4.90 Å². The topological polar surface area (TPSA) is 53.4 Å². The Morgan fingerprint density at radius 1 is 1.47 bits per heavy atom. The smallest absolute Gasteiger partial charge is 0.323 e. The van der Waals surface area contributed by atoms with E-state index < -0.39 is 5.97 Å². The molecular weight excluding hydrogens is 240 g/mol. The number of nitrogens with zero attached hydrogens (tertiary/aromatic N) is 2. The number of aromatic nitrogens is 1. The maximum absolute atomic E-state index is 10.7. The lowest BCUT2D eigenvalue weighted by molar-refractivity contribution is -0.135. The van der Waals surface area contributed by atoms with Crippen LogP contribution in [0.2, 0.25) is 5.15 Å². The molecule has 1 heterocycles. The lowest BCUT2D eigenvalue weighted by Crippen LogP contribution is -2.26. The number of carboxylic acids is 1. The third-order valence-electron chi connectivity index (χ3n) is 2.42. The minimum atomic E-state index is -0.904. The van der Waals surface area contributed by atoms with Crippen molar-refractivity contribution >= 4 is 34.2 Å². The standard InChI is InChI=1S/C12H11ClN2O2/c1-15(7-11(16)17)12-9-5-3-2-4-8(9)6-10(13)14-12/h2-6H,7H2,1H3,(H,16,17). The van der Waals surface area contributed by atoms with E-state index in [0.717, 1.165) is 10.8 Å². The quantitative estimate of drug-likeness (QED) is 0.850. The van der Waals surface area contributed by atoms with Gasteiger partial charge in [0.15, 0.2) is 0 Å². The summed E-state index contributed by atoms with van der Waals surface area (Å²) in [5.41, 5.74) is 0. The third kappa shape index (κ3) is 2.47. The van der Waals surface area contributed by atoms with Crippen molar-refractivity contribution in [3.8, 4) is 0 Å². The zero-order chi connectivity index (χ0) is 12.4. The molecule has 88 valence electrons. The molecule has 0 atom stereocenters. The molecule has 5 heteroatoms. The first-order chi connectivity index (χ1) is 8.08. The van der Waals surface area contributed by atoms with Crippen LogP contribution >= 0.6 is 11.6 Å². The van der Waals surface area contributed by atoms with Crippen molar-refractivity contribution in [2.45, 2.75) is 0 Å². The molecule has 4 nitrogen and oxygen atoms in total. The average molecular weight is 251 g/mol. The molecule has 0 aliphatic carbocycles. The Morgan fingerprint density at radius 2 is 2.18 bits per heavy atom. The van der Waals surface area contributed by atoms with Gasteiger partial charge in [-0.1, -0.05) is 35.9 Å². The van der Waals surface area contributed by atoms with Gasteiger partial charge in [0.05, 0.1) is 0 Å². The number of hydrogen-bond donors (Lipinski definition) is 1. The number of pyridine rings is 1. The number of benzene rings is 1. The Morgan fingerprint density at radius 3 is 2.88 bits per heavy atom. The molecule has 0 aliphatic rings. The largest absolute Gasteiger partial charge is 0.480 e. The predicted molar refractivity (Wildman–Crippen MR) is 67.7 cm³/mol. The Balaban J connectivity index is 2.55. The van der Waals surface area contributed by atoms with Crippen molar-refractivity contribution in [2.75, 3.05) is 18.5 Å². The molecule has 0 spiro atoms. The maximum atomic E-state index is 10.7. The number of rotatable bonds is 3. The number of carboxylic acid groups (broad SMARTS) is 1. The molecule has 17 heavy (non-hydrogen) atoms. The van der Waals surface area contributed by atoms with Crippen LogP contribution in [0, 0.1) is 0 Å². The minimum absolute atomic E-state index is 0.114. The van der Waals surface area contributed by atoms with Gasteiger partial charge in [0.1, 0.15) is 17.5 Å². The molecule has 2 aromatic rings. The summed E-state index contributed by atoms with van der Waals surface area (Å²) in [5, 5.41) is 11.0. The molecule has 1 aromatic heterocycles. The first-order valence-electron chi connectivity index (χ1n) is 5.06. The second-order valence-electron chi connectivity index (χ2n) is 3.74. The fourth-order valence-corrected chi connectivity index (χ4v) is 1.91. The van der Waals surface area contributed by atoms with E-state index in [4.69, 9.17) is 16.7 Å². The number of anilines is 1. The molecule has 0 fully saturated rings. The summed E-state index contributed by atoms with van der Waals surface area (Å²) in [4.78, 5) is 16.4. The molecule has 0 bridgehead atoms. The van der Waals surface area contributed by atoms with Crippen LogP contribution in [0.3, 0.4) is 0 Å². The van der Waals surface area contributed by atoms with E-state index in [1.165, 1.54) is 0 Å². The highest BCUT2D eigenvalue weighted by atomic mass is 35.5. The summed E-state index contributed by atoms with van der Waals surface area (Å²) < 4.78 is 0. The van der Waals surface area contributed by atoms with E-state index in [9.17, 15) is 4.79 Å². The van der Waals surface area contributed by atoms with Crippen molar-refractivity contribution < 1.29 is 9.90 Å². The van der Waals surface area contributed by atoms with Crippen LogP contribution in [0.4, 0.5) is 5.82 Å². The van der Waals surface area contributed by atoms with Gasteiger partial charge < -0.3 is 10.0 Å². The molecule has 1 aromatic carbocycles. The molecule has 1 N–H and O–H groups in total. The van der Waals surface area contributed by atoms with Crippen molar-refractivity contribution in [3.05, 3.63) is 35.5 Å². The lowest BCUT2D eigenvalue weighted by atomic mass is 10.1. The molecule has 0 saturated carbocycles. The second-order valence-corrected chi connectivity index (χ2v) is 4.13. The normalized spacial score (nSPS) is 10.5. The van der Waals surface area contributed by atoms with Crippen molar-refractivity contribution in [1.82, 2.24) is 4.98 Å². The molecule has 0 aliphatic heterocycles. The van der Waals surface area contributed by atoms with Crippen LogP contribution in [0.1, 0.15) is 0 Å². The molecule has 0 saturated heterocycles. The number of aliphatic carboxylic acids is 1. The Hall–Kier alpha value is -1.81. The summed E-state index contributed by atoms with van der Waals surface area (Å²) in [6, 6.07) is 9.36. The van der Waals surface area contributed by atoms with Crippen molar-refractivity contribution in [1.29, 1.82) is 0 Å². The van der Waals surface area contributed by atoms with Crippen molar-refractivity contribution in [3.63, 3.8) is 0 Å². The van der Waals surface area contributed by atoms with Crippen LogP contribution in [-0.2, 0) is 4.79 Å². The fraction of sp³-hybridized carbons (Fsp3) is 0.167. The summed E-state index contributed by atoms with van der Waals surface area (Å²) in [6.45, 7) is -0.114. The van der Waals surface area contributed by atoms with E-state index >= 15 is 0 Å². The third-order valence-corrected chi connectivity index (χ3v) is 2.62. The number of carbonyl (C=O) groups is 1. The average Bonchev–Trinajstić information content (AvgIpc) is 2.26. The molecule has 0 radical (unpaired) electrons. The molecular formula is C12H11ClN2O2. The zero-order valence-electron chi connectivity index (χ0n) is 9.22. The summed E-state index contributed by atoms with van der Waals surface area (Å²) in [6.07, 6.45) is 0. The number of hydrogen-bond acceptors (Lipinski definition) is 3.